The molecule has 0 aliphatic rings. The first-order chi connectivity index (χ1) is 9.44. The third kappa shape index (κ3) is 4.14. The second-order valence-corrected chi connectivity index (χ2v) is 6.14. The first kappa shape index (κ1) is 16.3. The zero-order valence-corrected chi connectivity index (χ0v) is 12.4. The Balaban J connectivity index is 3.08. The minimum atomic E-state index is -3.75. The van der Waals surface area contributed by atoms with E-state index in [1.54, 1.807) is 13.0 Å². The summed E-state index contributed by atoms with van der Waals surface area (Å²) in [7, 11) is -3.75. The van der Waals surface area contributed by atoms with Crippen molar-refractivity contribution in [3.05, 3.63) is 28.8 Å². The first-order valence-corrected chi connectivity index (χ1v) is 7.76. The van der Waals surface area contributed by atoms with Crippen molar-refractivity contribution in [3.63, 3.8) is 0 Å². The van der Waals surface area contributed by atoms with Crippen LogP contribution in [-0.2, 0) is 10.0 Å². The van der Waals surface area contributed by atoms with E-state index < -0.39 is 15.3 Å². The van der Waals surface area contributed by atoms with E-state index in [4.69, 9.17) is 22.6 Å². The maximum atomic E-state index is 11.9. The van der Waals surface area contributed by atoms with Crippen LogP contribution in [0.4, 0.5) is 5.69 Å². The summed E-state index contributed by atoms with van der Waals surface area (Å²) in [6.45, 7) is 1.81. The molecular formula is C13H14ClN3O2S. The molecular weight excluding hydrogens is 298 g/mol. The van der Waals surface area contributed by atoms with Crippen LogP contribution in [0.25, 0.3) is 0 Å². The number of benzene rings is 1. The van der Waals surface area contributed by atoms with E-state index in [0.717, 1.165) is 0 Å². The van der Waals surface area contributed by atoms with Crippen molar-refractivity contribution in [2.24, 2.45) is 5.73 Å². The van der Waals surface area contributed by atoms with Crippen molar-refractivity contribution in [1.29, 1.82) is 5.26 Å². The van der Waals surface area contributed by atoms with Gasteiger partial charge in [0, 0.05) is 11.3 Å². The van der Waals surface area contributed by atoms with Crippen LogP contribution >= 0.6 is 11.6 Å². The number of sulfonamides is 1. The van der Waals surface area contributed by atoms with Gasteiger partial charge in [0.25, 0.3) is 0 Å². The van der Waals surface area contributed by atoms with Gasteiger partial charge in [0.2, 0.25) is 10.0 Å². The number of anilines is 1. The predicted octanol–water partition coefficient (Wildman–Crippen LogP) is 1.69. The van der Waals surface area contributed by atoms with Gasteiger partial charge in [-0.25, -0.2) is 8.42 Å². The molecule has 20 heavy (non-hydrogen) atoms. The molecule has 106 valence electrons. The number of nitriles is 1. The third-order valence-corrected chi connectivity index (χ3v) is 4.48. The van der Waals surface area contributed by atoms with E-state index in [2.05, 4.69) is 16.6 Å². The van der Waals surface area contributed by atoms with Crippen molar-refractivity contribution in [2.45, 2.75) is 18.6 Å². The molecule has 3 N–H and O–H groups in total. The number of hydrogen-bond donors (Lipinski definition) is 2. The molecule has 0 amide bonds. The average Bonchev–Trinajstić information content (AvgIpc) is 2.40. The molecule has 1 aromatic rings. The molecule has 0 saturated carbocycles. The lowest BCUT2D eigenvalue weighted by Crippen LogP contribution is -2.25. The Morgan fingerprint density at radius 1 is 1.50 bits per heavy atom. The SMILES string of the molecule is CCC(C#N)S(=O)(=O)Nc1ccc(Cl)c(C#CCN)c1. The van der Waals surface area contributed by atoms with Crippen molar-refractivity contribution in [3.8, 4) is 17.9 Å². The molecule has 0 aliphatic carbocycles. The molecule has 7 heteroatoms. The number of nitrogens with zero attached hydrogens (tertiary/aromatic N) is 1. The highest BCUT2D eigenvalue weighted by Crippen LogP contribution is 2.21. The average molecular weight is 312 g/mol. The Labute approximate surface area is 123 Å². The van der Waals surface area contributed by atoms with Gasteiger partial charge in [0.05, 0.1) is 17.6 Å². The summed E-state index contributed by atoms with van der Waals surface area (Å²) in [5.74, 6) is 5.39. The summed E-state index contributed by atoms with van der Waals surface area (Å²) in [5.41, 5.74) is 6.06. The third-order valence-electron chi connectivity index (χ3n) is 2.44. The molecule has 0 saturated heterocycles. The van der Waals surface area contributed by atoms with Crippen LogP contribution in [0.15, 0.2) is 18.2 Å². The highest BCUT2D eigenvalue weighted by atomic mass is 35.5. The van der Waals surface area contributed by atoms with Crippen molar-refractivity contribution in [1.82, 2.24) is 0 Å². The van der Waals surface area contributed by atoms with E-state index in [1.807, 2.05) is 0 Å². The molecule has 5 nitrogen and oxygen atoms in total. The van der Waals surface area contributed by atoms with Gasteiger partial charge in [-0.2, -0.15) is 5.26 Å². The second kappa shape index (κ2) is 7.16. The number of rotatable bonds is 4. The molecule has 0 spiro atoms. The number of nitrogens with two attached hydrogens (primary N) is 1. The summed E-state index contributed by atoms with van der Waals surface area (Å²) < 4.78 is 26.3. The van der Waals surface area contributed by atoms with Gasteiger partial charge < -0.3 is 5.73 Å². The van der Waals surface area contributed by atoms with E-state index in [9.17, 15) is 8.42 Å². The molecule has 0 fully saturated rings. The molecule has 0 aliphatic heterocycles. The predicted molar refractivity (Wildman–Crippen MR) is 79.6 cm³/mol. The Bertz CT molecular complexity index is 684. The molecule has 0 heterocycles. The summed E-state index contributed by atoms with van der Waals surface area (Å²) in [6, 6.07) is 6.30. The molecule has 1 unspecified atom stereocenters. The van der Waals surface area contributed by atoms with Gasteiger partial charge in [0.15, 0.2) is 5.25 Å². The lowest BCUT2D eigenvalue weighted by molar-refractivity contribution is 0.593. The zero-order chi connectivity index (χ0) is 15.2. The van der Waals surface area contributed by atoms with Crippen molar-refractivity contribution >= 4 is 27.3 Å². The Hall–Kier alpha value is -1.73. The van der Waals surface area contributed by atoms with Gasteiger partial charge in [0.1, 0.15) is 0 Å². The summed E-state index contributed by atoms with van der Waals surface area (Å²) in [4.78, 5) is 0. The van der Waals surface area contributed by atoms with Crippen LogP contribution in [0.1, 0.15) is 18.9 Å². The zero-order valence-electron chi connectivity index (χ0n) is 10.9. The lowest BCUT2D eigenvalue weighted by atomic mass is 10.2. The summed E-state index contributed by atoms with van der Waals surface area (Å²) >= 11 is 5.95. The number of nitrogens with one attached hydrogen (secondary N) is 1. The normalized spacial score (nSPS) is 11.9. The van der Waals surface area contributed by atoms with Crippen LogP contribution < -0.4 is 10.5 Å². The van der Waals surface area contributed by atoms with Gasteiger partial charge in [-0.1, -0.05) is 30.4 Å². The van der Waals surface area contributed by atoms with Crippen LogP contribution in [0, 0.1) is 23.2 Å². The molecule has 1 aromatic carbocycles. The van der Waals surface area contributed by atoms with Gasteiger partial charge >= 0.3 is 0 Å². The Morgan fingerprint density at radius 3 is 2.75 bits per heavy atom. The van der Waals surface area contributed by atoms with Crippen LogP contribution in [0.2, 0.25) is 5.02 Å². The van der Waals surface area contributed by atoms with E-state index in [-0.39, 0.29) is 13.0 Å². The van der Waals surface area contributed by atoms with Gasteiger partial charge in [-0.3, -0.25) is 4.72 Å². The molecule has 0 bridgehead atoms. The van der Waals surface area contributed by atoms with E-state index in [0.29, 0.717) is 16.3 Å². The largest absolute Gasteiger partial charge is 0.320 e. The van der Waals surface area contributed by atoms with Crippen molar-refractivity contribution in [2.75, 3.05) is 11.3 Å². The monoisotopic (exact) mass is 311 g/mol. The number of hydrogen-bond acceptors (Lipinski definition) is 4. The number of halogens is 1. The first-order valence-electron chi connectivity index (χ1n) is 5.84. The van der Waals surface area contributed by atoms with E-state index in [1.165, 1.54) is 18.2 Å². The fraction of sp³-hybridized carbons (Fsp3) is 0.308. The minimum Gasteiger partial charge on any atom is -0.320 e. The summed E-state index contributed by atoms with van der Waals surface area (Å²) in [5, 5.41) is 8.13. The standard InChI is InChI=1S/C13H14ClN3O2S/c1-2-12(9-16)20(18,19)17-11-5-6-13(14)10(8-11)4-3-7-15/h5-6,8,12,17H,2,7,15H2,1H3. The van der Waals surface area contributed by atoms with Crippen LogP contribution in [0.5, 0.6) is 0 Å². The fourth-order valence-corrected chi connectivity index (χ4v) is 2.79. The highest BCUT2D eigenvalue weighted by Gasteiger charge is 2.23. The fourth-order valence-electron chi connectivity index (χ4n) is 1.45. The quantitative estimate of drug-likeness (QED) is 0.827. The molecule has 1 atom stereocenters. The highest BCUT2D eigenvalue weighted by molar-refractivity contribution is 7.93. The molecule has 1 rings (SSSR count). The maximum Gasteiger partial charge on any atom is 0.249 e. The van der Waals surface area contributed by atoms with E-state index >= 15 is 0 Å². The van der Waals surface area contributed by atoms with Gasteiger partial charge in [-0.15, -0.1) is 0 Å². The van der Waals surface area contributed by atoms with Crippen molar-refractivity contribution < 1.29 is 8.42 Å². The second-order valence-electron chi connectivity index (χ2n) is 3.87. The Morgan fingerprint density at radius 2 is 2.20 bits per heavy atom. The smallest absolute Gasteiger partial charge is 0.249 e. The van der Waals surface area contributed by atoms with Crippen LogP contribution in [-0.4, -0.2) is 20.2 Å². The minimum absolute atomic E-state index is 0.179. The van der Waals surface area contributed by atoms with Gasteiger partial charge in [-0.05, 0) is 24.6 Å². The van der Waals surface area contributed by atoms with Crippen LogP contribution in [0.3, 0.4) is 0 Å². The molecule has 0 radical (unpaired) electrons. The lowest BCUT2D eigenvalue weighted by Gasteiger charge is -2.11. The molecule has 0 aromatic heterocycles. The maximum absolute atomic E-state index is 11.9. The summed E-state index contributed by atoms with van der Waals surface area (Å²) in [6.07, 6.45) is 0.208. The topological polar surface area (TPSA) is 96.0 Å². The Kier molecular flexibility index (Phi) is 5.84.